The fourth-order valence-electron chi connectivity index (χ4n) is 3.19. The fraction of sp³-hybridized carbons (Fsp3) is 0.474. The smallest absolute Gasteiger partial charge is 0.293 e. The second-order valence-corrected chi connectivity index (χ2v) is 7.16. The lowest BCUT2D eigenvalue weighted by atomic mass is 9.96. The molecule has 0 radical (unpaired) electrons. The molecule has 3 rings (SSSR count). The zero-order chi connectivity index (χ0) is 19.4. The molecular weight excluding hydrogens is 366 g/mol. The van der Waals surface area contributed by atoms with E-state index < -0.39 is 0 Å². The summed E-state index contributed by atoms with van der Waals surface area (Å²) < 4.78 is 1.63. The van der Waals surface area contributed by atoms with Crippen molar-refractivity contribution < 1.29 is 9.59 Å². The van der Waals surface area contributed by atoms with E-state index >= 15 is 0 Å². The predicted octanol–water partition coefficient (Wildman–Crippen LogP) is 2.61. The van der Waals surface area contributed by atoms with Crippen molar-refractivity contribution in [1.29, 1.82) is 0 Å². The van der Waals surface area contributed by atoms with Gasteiger partial charge in [-0.1, -0.05) is 18.5 Å². The average Bonchev–Trinajstić information content (AvgIpc) is 3.08. The number of carbonyl (C=O) groups is 2. The molecule has 8 heteroatoms. The van der Waals surface area contributed by atoms with Crippen molar-refractivity contribution in [3.8, 4) is 5.69 Å². The summed E-state index contributed by atoms with van der Waals surface area (Å²) in [4.78, 5) is 30.9. The van der Waals surface area contributed by atoms with Gasteiger partial charge < -0.3 is 10.2 Å². The highest BCUT2D eigenvalue weighted by Gasteiger charge is 2.29. The predicted molar refractivity (Wildman–Crippen MR) is 103 cm³/mol. The minimum absolute atomic E-state index is 0.0260. The van der Waals surface area contributed by atoms with E-state index in [2.05, 4.69) is 15.4 Å². The Morgan fingerprint density at radius 1 is 1.22 bits per heavy atom. The first kappa shape index (κ1) is 19.4. The number of rotatable bonds is 5. The number of hydrogen-bond donors (Lipinski definition) is 1. The maximum absolute atomic E-state index is 12.8. The van der Waals surface area contributed by atoms with Crippen LogP contribution < -0.4 is 5.32 Å². The van der Waals surface area contributed by atoms with Gasteiger partial charge in [0.15, 0.2) is 0 Å². The van der Waals surface area contributed by atoms with E-state index in [1.807, 2.05) is 26.0 Å². The number of aryl methyl sites for hydroxylation is 1. The summed E-state index contributed by atoms with van der Waals surface area (Å²) in [5, 5.41) is 7.94. The molecule has 7 nitrogen and oxygen atoms in total. The number of benzene rings is 1. The van der Waals surface area contributed by atoms with Gasteiger partial charge in [-0.15, -0.1) is 5.10 Å². The lowest BCUT2D eigenvalue weighted by Gasteiger charge is -2.30. The van der Waals surface area contributed by atoms with Crippen molar-refractivity contribution in [3.63, 3.8) is 0 Å². The maximum Gasteiger partial charge on any atom is 0.293 e. The Hall–Kier alpha value is -2.41. The summed E-state index contributed by atoms with van der Waals surface area (Å²) in [6.45, 7) is 5.61. The van der Waals surface area contributed by atoms with E-state index in [1.165, 1.54) is 0 Å². The number of amides is 2. The van der Waals surface area contributed by atoms with Gasteiger partial charge in [-0.2, -0.15) is 0 Å². The van der Waals surface area contributed by atoms with Crippen LogP contribution in [-0.2, 0) is 4.79 Å². The molecule has 0 aliphatic carbocycles. The van der Waals surface area contributed by atoms with Crippen LogP contribution in [0.25, 0.3) is 5.69 Å². The number of carbonyl (C=O) groups excluding carboxylic acids is 2. The lowest BCUT2D eigenvalue weighted by Crippen LogP contribution is -2.43. The second-order valence-electron chi connectivity index (χ2n) is 6.73. The molecule has 1 saturated heterocycles. The number of halogens is 1. The van der Waals surface area contributed by atoms with E-state index in [4.69, 9.17) is 11.6 Å². The van der Waals surface area contributed by atoms with E-state index in [1.54, 1.807) is 21.7 Å². The van der Waals surface area contributed by atoms with Crippen molar-refractivity contribution in [1.82, 2.24) is 25.0 Å². The van der Waals surface area contributed by atoms with Gasteiger partial charge in [-0.25, -0.2) is 9.67 Å². The molecule has 1 N–H and O–H groups in total. The summed E-state index contributed by atoms with van der Waals surface area (Å²) in [5.74, 6) is 0.677. The third-order valence-electron chi connectivity index (χ3n) is 4.73. The van der Waals surface area contributed by atoms with Crippen LogP contribution >= 0.6 is 11.6 Å². The molecule has 144 valence electrons. The summed E-state index contributed by atoms with van der Waals surface area (Å²) in [6.07, 6.45) is 2.25. The zero-order valence-corrected chi connectivity index (χ0v) is 16.4. The van der Waals surface area contributed by atoms with Gasteiger partial charge in [-0.3, -0.25) is 9.59 Å². The van der Waals surface area contributed by atoms with Crippen molar-refractivity contribution >= 4 is 23.4 Å². The molecule has 0 unspecified atom stereocenters. The normalized spacial score (nSPS) is 15.0. The summed E-state index contributed by atoms with van der Waals surface area (Å²) in [5.41, 5.74) is 0.801. The summed E-state index contributed by atoms with van der Waals surface area (Å²) in [7, 11) is 0. The van der Waals surface area contributed by atoms with Crippen LogP contribution in [-0.4, -0.2) is 51.1 Å². The fourth-order valence-corrected chi connectivity index (χ4v) is 3.31. The monoisotopic (exact) mass is 389 g/mol. The quantitative estimate of drug-likeness (QED) is 0.852. The van der Waals surface area contributed by atoms with Gasteiger partial charge in [0, 0.05) is 30.6 Å². The molecule has 1 aromatic heterocycles. The number of aromatic nitrogens is 3. The Kier molecular flexibility index (Phi) is 6.11. The van der Waals surface area contributed by atoms with Crippen LogP contribution in [0.2, 0.25) is 5.02 Å². The van der Waals surface area contributed by atoms with Crippen LogP contribution in [0.15, 0.2) is 24.3 Å². The Balaban J connectivity index is 1.65. The molecule has 0 spiro atoms. The van der Waals surface area contributed by atoms with Gasteiger partial charge >= 0.3 is 0 Å². The number of piperidine rings is 1. The molecular formula is C19H24ClN5O2. The SMILES string of the molecule is CCCNC(=O)C1CCN(C(=O)c2nc(C)n(-c3ccc(Cl)cc3)n2)CC1. The Bertz CT molecular complexity index is 810. The maximum atomic E-state index is 12.8. The molecule has 2 heterocycles. The van der Waals surface area contributed by atoms with E-state index in [0.29, 0.717) is 43.3 Å². The largest absolute Gasteiger partial charge is 0.356 e. The number of nitrogens with zero attached hydrogens (tertiary/aromatic N) is 4. The van der Waals surface area contributed by atoms with Gasteiger partial charge in [0.25, 0.3) is 5.91 Å². The van der Waals surface area contributed by atoms with Gasteiger partial charge in [-0.05, 0) is 50.5 Å². The Morgan fingerprint density at radius 2 is 1.89 bits per heavy atom. The van der Waals surface area contributed by atoms with E-state index in [9.17, 15) is 9.59 Å². The third-order valence-corrected chi connectivity index (χ3v) is 4.99. The number of hydrogen-bond acceptors (Lipinski definition) is 4. The van der Waals surface area contributed by atoms with E-state index in [-0.39, 0.29) is 23.6 Å². The van der Waals surface area contributed by atoms with Gasteiger partial charge in [0.2, 0.25) is 11.7 Å². The first-order valence-corrected chi connectivity index (χ1v) is 9.64. The Morgan fingerprint density at radius 3 is 2.52 bits per heavy atom. The van der Waals surface area contributed by atoms with Crippen molar-refractivity contribution in [2.24, 2.45) is 5.92 Å². The van der Waals surface area contributed by atoms with Crippen molar-refractivity contribution in [3.05, 3.63) is 40.9 Å². The highest BCUT2D eigenvalue weighted by atomic mass is 35.5. The highest BCUT2D eigenvalue weighted by molar-refractivity contribution is 6.30. The molecule has 1 fully saturated rings. The molecule has 2 amide bonds. The first-order chi connectivity index (χ1) is 13.0. The number of likely N-dealkylation sites (tertiary alicyclic amines) is 1. The second kappa shape index (κ2) is 8.52. The van der Waals surface area contributed by atoms with Crippen LogP contribution in [0.3, 0.4) is 0 Å². The van der Waals surface area contributed by atoms with Crippen molar-refractivity contribution in [2.45, 2.75) is 33.1 Å². The molecule has 1 aliphatic heterocycles. The molecule has 27 heavy (non-hydrogen) atoms. The minimum Gasteiger partial charge on any atom is -0.356 e. The van der Waals surface area contributed by atoms with Crippen molar-refractivity contribution in [2.75, 3.05) is 19.6 Å². The molecule has 0 bridgehead atoms. The zero-order valence-electron chi connectivity index (χ0n) is 15.6. The summed E-state index contributed by atoms with van der Waals surface area (Å²) >= 11 is 5.92. The van der Waals surface area contributed by atoms with Gasteiger partial charge in [0.05, 0.1) is 5.69 Å². The molecule has 1 aliphatic rings. The lowest BCUT2D eigenvalue weighted by molar-refractivity contribution is -0.126. The van der Waals surface area contributed by atoms with Crippen LogP contribution in [0, 0.1) is 12.8 Å². The minimum atomic E-state index is -0.196. The highest BCUT2D eigenvalue weighted by Crippen LogP contribution is 2.19. The molecule has 1 aromatic carbocycles. The molecule has 0 saturated carbocycles. The summed E-state index contributed by atoms with van der Waals surface area (Å²) in [6, 6.07) is 7.21. The average molecular weight is 390 g/mol. The standard InChI is InChI=1S/C19H24ClN5O2/c1-3-10-21-18(26)14-8-11-24(12-9-14)19(27)17-22-13(2)25(23-17)16-6-4-15(20)5-7-16/h4-7,14H,3,8-12H2,1-2H3,(H,21,26). The Labute approximate surface area is 163 Å². The third kappa shape index (κ3) is 4.47. The van der Waals surface area contributed by atoms with Crippen LogP contribution in [0.5, 0.6) is 0 Å². The molecule has 0 atom stereocenters. The van der Waals surface area contributed by atoms with Gasteiger partial charge in [0.1, 0.15) is 5.82 Å². The van der Waals surface area contributed by atoms with E-state index in [0.717, 1.165) is 12.1 Å². The molecule has 2 aromatic rings. The van der Waals surface area contributed by atoms with Crippen LogP contribution in [0.1, 0.15) is 42.6 Å². The van der Waals surface area contributed by atoms with Crippen LogP contribution in [0.4, 0.5) is 0 Å². The number of nitrogens with one attached hydrogen (secondary N) is 1. The first-order valence-electron chi connectivity index (χ1n) is 9.26. The topological polar surface area (TPSA) is 80.1 Å².